The number of fused-ring (bicyclic) bond motifs is 9. The minimum absolute atomic E-state index is 0.389. The zero-order valence-corrected chi connectivity index (χ0v) is 46.5. The van der Waals surface area contributed by atoms with Crippen molar-refractivity contribution in [1.29, 1.82) is 0 Å². The summed E-state index contributed by atoms with van der Waals surface area (Å²) in [5, 5.41) is 7.17. The zero-order valence-electron chi connectivity index (χ0n) is 46.5. The van der Waals surface area contributed by atoms with Crippen molar-refractivity contribution in [3.63, 3.8) is 0 Å². The molecular formula is C79H57N5. The van der Waals surface area contributed by atoms with Gasteiger partial charge >= 0.3 is 0 Å². The highest BCUT2D eigenvalue weighted by Crippen LogP contribution is 2.47. The van der Waals surface area contributed by atoms with Gasteiger partial charge < -0.3 is 23.5 Å². The predicted molar refractivity (Wildman–Crippen MR) is 355 cm³/mol. The van der Waals surface area contributed by atoms with Gasteiger partial charge in [0.05, 0.1) is 38.6 Å². The van der Waals surface area contributed by atoms with Crippen molar-refractivity contribution < 1.29 is 0 Å². The summed E-state index contributed by atoms with van der Waals surface area (Å²) >= 11 is 0. The van der Waals surface area contributed by atoms with Crippen LogP contribution in [-0.4, -0.2) is 19.2 Å². The maximum atomic E-state index is 2.58. The minimum Gasteiger partial charge on any atom is -0.332 e. The van der Waals surface area contributed by atoms with E-state index in [2.05, 4.69) is 346 Å². The van der Waals surface area contributed by atoms with Gasteiger partial charge in [0.2, 0.25) is 0 Å². The van der Waals surface area contributed by atoms with Gasteiger partial charge in [-0.2, -0.15) is 0 Å². The summed E-state index contributed by atoms with van der Waals surface area (Å²) in [6.45, 7) is 2.38. The number of hydrogen-bond acceptors (Lipinski definition) is 2. The maximum Gasteiger partial charge on any atom is 0.0642 e. The number of benzene rings is 12. The lowest BCUT2D eigenvalue weighted by molar-refractivity contribution is 0.570. The molecule has 398 valence electrons. The van der Waals surface area contributed by atoms with Gasteiger partial charge in [0.25, 0.3) is 0 Å². The fourth-order valence-electron chi connectivity index (χ4n) is 13.4. The molecule has 1 aliphatic rings. The summed E-state index contributed by atoms with van der Waals surface area (Å²) in [6.07, 6.45) is 9.92. The SMILES string of the molecule is CC1(N(c2ccc3c(c2)c2cc(-c4ccccc4)ccc2n3-c2ccccc2)c2ccc3c(c2)c2cc(N(c4ccccc4)c4ccc5c(c4)c4cc(-c6ccccc6)ccc4n5-c4ccccc4)ccc2n3-c2ccccc2)C=CC=CC1. The van der Waals surface area contributed by atoms with E-state index in [1.807, 2.05) is 0 Å². The van der Waals surface area contributed by atoms with Gasteiger partial charge in [0.15, 0.2) is 0 Å². The molecule has 1 aliphatic carbocycles. The summed E-state index contributed by atoms with van der Waals surface area (Å²) in [4.78, 5) is 5.01. The molecule has 5 heteroatoms. The number of para-hydroxylation sites is 4. The molecule has 0 saturated heterocycles. The van der Waals surface area contributed by atoms with Crippen LogP contribution in [0.1, 0.15) is 13.3 Å². The molecule has 0 saturated carbocycles. The minimum atomic E-state index is -0.389. The molecule has 0 radical (unpaired) electrons. The molecule has 0 spiro atoms. The molecule has 0 N–H and O–H groups in total. The highest BCUT2D eigenvalue weighted by molar-refractivity contribution is 6.15. The van der Waals surface area contributed by atoms with Crippen LogP contribution in [0.25, 0.3) is 105 Å². The van der Waals surface area contributed by atoms with Gasteiger partial charge in [-0.1, -0.05) is 170 Å². The van der Waals surface area contributed by atoms with Gasteiger partial charge in [-0.15, -0.1) is 0 Å². The van der Waals surface area contributed by atoms with Crippen LogP contribution in [-0.2, 0) is 0 Å². The van der Waals surface area contributed by atoms with E-state index < -0.39 is 0 Å². The Morgan fingerprint density at radius 3 is 0.976 bits per heavy atom. The Morgan fingerprint density at radius 2 is 0.607 bits per heavy atom. The predicted octanol–water partition coefficient (Wildman–Crippen LogP) is 21.2. The Bertz CT molecular complexity index is 5040. The molecule has 0 amide bonds. The molecule has 12 aromatic carbocycles. The summed E-state index contributed by atoms with van der Waals surface area (Å²) in [7, 11) is 0. The molecular weight excluding hydrogens is 1020 g/mol. The average molecular weight is 1080 g/mol. The van der Waals surface area contributed by atoms with Crippen molar-refractivity contribution in [2.75, 3.05) is 9.80 Å². The third-order valence-electron chi connectivity index (χ3n) is 17.3. The molecule has 84 heavy (non-hydrogen) atoms. The third kappa shape index (κ3) is 8.15. The lowest BCUT2D eigenvalue weighted by Gasteiger charge is -2.42. The van der Waals surface area contributed by atoms with Crippen LogP contribution in [0.15, 0.2) is 315 Å². The second kappa shape index (κ2) is 20.0. The third-order valence-corrected chi connectivity index (χ3v) is 17.3. The highest BCUT2D eigenvalue weighted by Gasteiger charge is 2.33. The van der Waals surface area contributed by atoms with Crippen molar-refractivity contribution in [3.05, 3.63) is 315 Å². The van der Waals surface area contributed by atoms with E-state index in [1.165, 1.54) is 71.1 Å². The normalized spacial score (nSPS) is 14.2. The van der Waals surface area contributed by atoms with Crippen LogP contribution >= 0.6 is 0 Å². The van der Waals surface area contributed by atoms with E-state index in [0.29, 0.717) is 0 Å². The maximum absolute atomic E-state index is 2.58. The van der Waals surface area contributed by atoms with Gasteiger partial charge in [-0.3, -0.25) is 0 Å². The van der Waals surface area contributed by atoms with E-state index in [9.17, 15) is 0 Å². The Labute approximate surface area is 488 Å². The van der Waals surface area contributed by atoms with E-state index in [4.69, 9.17) is 0 Å². The fraction of sp³-hybridized carbons (Fsp3) is 0.0380. The molecule has 1 unspecified atom stereocenters. The lowest BCUT2D eigenvalue weighted by atomic mass is 9.89. The second-order valence-corrected chi connectivity index (χ2v) is 22.4. The zero-order chi connectivity index (χ0) is 55.7. The van der Waals surface area contributed by atoms with Crippen LogP contribution in [0.3, 0.4) is 0 Å². The molecule has 0 bridgehead atoms. The van der Waals surface area contributed by atoms with Crippen LogP contribution in [0.2, 0.25) is 0 Å². The van der Waals surface area contributed by atoms with Crippen molar-refractivity contribution in [3.8, 4) is 39.3 Å². The second-order valence-electron chi connectivity index (χ2n) is 22.4. The van der Waals surface area contributed by atoms with E-state index >= 15 is 0 Å². The number of aromatic nitrogens is 3. The monoisotopic (exact) mass is 1080 g/mol. The number of hydrogen-bond donors (Lipinski definition) is 0. The summed E-state index contributed by atoms with van der Waals surface area (Å²) in [5.41, 5.74) is 20.2. The molecule has 3 aromatic heterocycles. The Kier molecular flexibility index (Phi) is 11.6. The molecule has 0 aliphatic heterocycles. The fourth-order valence-corrected chi connectivity index (χ4v) is 13.4. The molecule has 5 nitrogen and oxygen atoms in total. The first-order valence-electron chi connectivity index (χ1n) is 29.0. The van der Waals surface area contributed by atoms with Crippen LogP contribution in [0, 0.1) is 0 Å². The quantitative estimate of drug-likeness (QED) is 0.129. The first-order valence-corrected chi connectivity index (χ1v) is 29.0. The number of rotatable bonds is 11. The van der Waals surface area contributed by atoms with Gasteiger partial charge in [0.1, 0.15) is 0 Å². The molecule has 1 atom stereocenters. The largest absolute Gasteiger partial charge is 0.332 e. The topological polar surface area (TPSA) is 21.3 Å². The average Bonchev–Trinajstić information content (AvgIpc) is 2.30. The summed E-state index contributed by atoms with van der Waals surface area (Å²) < 4.78 is 7.26. The van der Waals surface area contributed by atoms with E-state index in [1.54, 1.807) is 0 Å². The highest BCUT2D eigenvalue weighted by atomic mass is 15.2. The Balaban J connectivity index is 0.903. The Morgan fingerprint density at radius 1 is 0.286 bits per heavy atom. The van der Waals surface area contributed by atoms with Crippen molar-refractivity contribution in [2.24, 2.45) is 0 Å². The van der Waals surface area contributed by atoms with E-state index in [0.717, 1.165) is 68.5 Å². The van der Waals surface area contributed by atoms with Gasteiger partial charge in [0, 0.05) is 77.8 Å². The number of nitrogens with zero attached hydrogens (tertiary/aromatic N) is 5. The van der Waals surface area contributed by atoms with Gasteiger partial charge in [-0.25, -0.2) is 0 Å². The van der Waals surface area contributed by atoms with E-state index in [-0.39, 0.29) is 5.54 Å². The molecule has 16 rings (SSSR count). The van der Waals surface area contributed by atoms with Crippen LogP contribution in [0.4, 0.5) is 28.4 Å². The van der Waals surface area contributed by atoms with Crippen LogP contribution < -0.4 is 9.80 Å². The summed E-state index contributed by atoms with van der Waals surface area (Å²) in [6, 6.07) is 107. The standard InChI is InChI=1S/C79H57N5/c1-79(47-21-8-22-48-79)84(65-39-45-77-71(53-65)68-50-58(56-25-11-3-12-26-56)36-42-74(68)82(77)61-31-17-6-18-32-61)66-40-46-78-72(54-66)70-52-64(38-44-76(70)83(78)62-33-19-7-20-34-62)80(59-27-13-4-14-28-59)63-37-43-75-69(51-63)67-49-57(55-23-9-2-10-24-55)35-41-73(67)81(75)60-29-15-5-16-30-60/h2-47,49-54H,48H2,1H3. The molecule has 0 fully saturated rings. The molecule has 15 aromatic rings. The first-order chi connectivity index (χ1) is 41.5. The van der Waals surface area contributed by atoms with Crippen LogP contribution in [0.5, 0.6) is 0 Å². The van der Waals surface area contributed by atoms with Crippen molar-refractivity contribution in [2.45, 2.75) is 18.9 Å². The molecule has 3 heterocycles. The first kappa shape index (κ1) is 49.0. The van der Waals surface area contributed by atoms with Crippen molar-refractivity contribution in [1.82, 2.24) is 13.7 Å². The number of anilines is 5. The lowest BCUT2D eigenvalue weighted by Crippen LogP contribution is -2.42. The Hall–Kier alpha value is -10.9. The van der Waals surface area contributed by atoms with Crippen molar-refractivity contribution >= 4 is 93.9 Å². The number of allylic oxidation sites excluding steroid dienone is 2. The summed E-state index contributed by atoms with van der Waals surface area (Å²) in [5.74, 6) is 0. The smallest absolute Gasteiger partial charge is 0.0642 e. The van der Waals surface area contributed by atoms with Gasteiger partial charge in [-0.05, 0) is 181 Å².